The zero-order valence-corrected chi connectivity index (χ0v) is 19.8. The van der Waals surface area contributed by atoms with Crippen LogP contribution in [0, 0.1) is 6.92 Å². The molecule has 8 nitrogen and oxygen atoms in total. The quantitative estimate of drug-likeness (QED) is 0.562. The Labute approximate surface area is 198 Å². The number of sulfonamides is 1. The minimum Gasteiger partial charge on any atom is -0.497 e. The Balaban J connectivity index is 1.60. The van der Waals surface area contributed by atoms with Crippen LogP contribution < -0.4 is 18.9 Å². The van der Waals surface area contributed by atoms with Gasteiger partial charge in [-0.1, -0.05) is 29.8 Å². The molecule has 34 heavy (non-hydrogen) atoms. The summed E-state index contributed by atoms with van der Waals surface area (Å²) in [6, 6.07) is 18.7. The molecule has 2 atom stereocenters. The van der Waals surface area contributed by atoms with Crippen LogP contribution in [-0.4, -0.2) is 34.8 Å². The third-order valence-electron chi connectivity index (χ3n) is 5.51. The molecule has 9 heteroatoms. The van der Waals surface area contributed by atoms with Gasteiger partial charge < -0.3 is 18.9 Å². The van der Waals surface area contributed by atoms with E-state index in [4.69, 9.17) is 18.9 Å². The standard InChI is InChI=1S/C25H25NO7S/c1-16-7-10-21(11-8-16)34(28,29)26-25(27)33-23-15-18-14-20(31-3)9-12-22(18)32-24(23)17-5-4-6-19(13-17)30-2/h4-14,23-24H,15H2,1-3H3,(H,26,27)/t23-,24+/m1/s1. The number of methoxy groups -OCH3 is 2. The summed E-state index contributed by atoms with van der Waals surface area (Å²) in [7, 11) is -0.984. The first kappa shape index (κ1) is 23.4. The molecule has 0 saturated carbocycles. The summed E-state index contributed by atoms with van der Waals surface area (Å²) in [6.07, 6.45) is -2.27. The molecule has 3 aromatic rings. The molecule has 0 radical (unpaired) electrons. The molecule has 0 spiro atoms. The number of hydrogen-bond acceptors (Lipinski definition) is 7. The Morgan fingerprint density at radius 2 is 1.68 bits per heavy atom. The molecule has 1 N–H and O–H groups in total. The minimum atomic E-state index is -4.10. The van der Waals surface area contributed by atoms with Crippen LogP contribution in [0.2, 0.25) is 0 Å². The van der Waals surface area contributed by atoms with E-state index >= 15 is 0 Å². The van der Waals surface area contributed by atoms with Crippen molar-refractivity contribution in [2.75, 3.05) is 14.2 Å². The van der Waals surface area contributed by atoms with Gasteiger partial charge in [0.05, 0.1) is 19.1 Å². The molecule has 178 valence electrons. The lowest BCUT2D eigenvalue weighted by Gasteiger charge is -2.33. The van der Waals surface area contributed by atoms with E-state index in [0.29, 0.717) is 23.7 Å². The van der Waals surface area contributed by atoms with Gasteiger partial charge in [0, 0.05) is 12.0 Å². The van der Waals surface area contributed by atoms with E-state index in [9.17, 15) is 13.2 Å². The van der Waals surface area contributed by atoms with Gasteiger partial charge in [0.25, 0.3) is 10.0 Å². The number of nitrogens with one attached hydrogen (secondary N) is 1. The zero-order chi connectivity index (χ0) is 24.3. The Morgan fingerprint density at radius 1 is 0.971 bits per heavy atom. The largest absolute Gasteiger partial charge is 0.497 e. The second kappa shape index (κ2) is 9.64. The monoisotopic (exact) mass is 483 g/mol. The highest BCUT2D eigenvalue weighted by Gasteiger charge is 2.35. The first-order chi connectivity index (χ1) is 16.3. The van der Waals surface area contributed by atoms with Crippen molar-refractivity contribution in [2.45, 2.75) is 30.4 Å². The predicted octanol–water partition coefficient (Wildman–Crippen LogP) is 4.17. The van der Waals surface area contributed by atoms with Crippen molar-refractivity contribution < 1.29 is 32.2 Å². The maximum absolute atomic E-state index is 12.7. The number of rotatable bonds is 6. The first-order valence-electron chi connectivity index (χ1n) is 10.6. The predicted molar refractivity (Wildman–Crippen MR) is 125 cm³/mol. The zero-order valence-electron chi connectivity index (χ0n) is 19.0. The second-order valence-corrected chi connectivity index (χ2v) is 9.54. The Hall–Kier alpha value is -3.72. The lowest BCUT2D eigenvalue weighted by molar-refractivity contribution is 0.00529. The van der Waals surface area contributed by atoms with E-state index in [1.54, 1.807) is 62.8 Å². The Kier molecular flexibility index (Phi) is 6.65. The van der Waals surface area contributed by atoms with Crippen molar-refractivity contribution in [1.82, 2.24) is 4.72 Å². The number of amides is 1. The highest BCUT2D eigenvalue weighted by atomic mass is 32.2. The van der Waals surface area contributed by atoms with Crippen molar-refractivity contribution in [1.29, 1.82) is 0 Å². The van der Waals surface area contributed by atoms with Gasteiger partial charge in [-0.05, 0) is 55.0 Å². The van der Waals surface area contributed by atoms with Crippen LogP contribution in [0.1, 0.15) is 22.8 Å². The fourth-order valence-electron chi connectivity index (χ4n) is 3.75. The lowest BCUT2D eigenvalue weighted by Crippen LogP contribution is -2.39. The fraction of sp³-hybridized carbons (Fsp3) is 0.240. The summed E-state index contributed by atoms with van der Waals surface area (Å²) in [5.41, 5.74) is 2.40. The summed E-state index contributed by atoms with van der Waals surface area (Å²) in [5, 5.41) is 0. The average Bonchev–Trinajstić information content (AvgIpc) is 2.83. The SMILES string of the molecule is COc1cccc([C@@H]2Oc3ccc(OC)cc3C[C@H]2OC(=O)NS(=O)(=O)c2ccc(C)cc2)c1. The molecule has 0 saturated heterocycles. The van der Waals surface area contributed by atoms with Crippen LogP contribution in [0.25, 0.3) is 0 Å². The smallest absolute Gasteiger partial charge is 0.421 e. The van der Waals surface area contributed by atoms with E-state index in [-0.39, 0.29) is 4.90 Å². The van der Waals surface area contributed by atoms with Gasteiger partial charge in [0.1, 0.15) is 23.4 Å². The van der Waals surface area contributed by atoms with Gasteiger partial charge in [0.15, 0.2) is 6.10 Å². The molecule has 0 fully saturated rings. The van der Waals surface area contributed by atoms with E-state index < -0.39 is 28.3 Å². The third kappa shape index (κ3) is 5.09. The topological polar surface area (TPSA) is 100 Å². The normalized spacial score (nSPS) is 17.1. The number of hydrogen-bond donors (Lipinski definition) is 1. The molecule has 1 aliphatic rings. The molecule has 4 rings (SSSR count). The lowest BCUT2D eigenvalue weighted by atomic mass is 9.94. The van der Waals surface area contributed by atoms with Crippen LogP contribution in [0.5, 0.6) is 17.2 Å². The summed E-state index contributed by atoms with van der Waals surface area (Å²) in [6.45, 7) is 1.84. The van der Waals surface area contributed by atoms with Gasteiger partial charge in [-0.15, -0.1) is 0 Å². The Morgan fingerprint density at radius 3 is 2.38 bits per heavy atom. The maximum Gasteiger partial charge on any atom is 0.421 e. The van der Waals surface area contributed by atoms with Crippen molar-refractivity contribution >= 4 is 16.1 Å². The molecule has 0 unspecified atom stereocenters. The number of fused-ring (bicyclic) bond motifs is 1. The molecule has 1 heterocycles. The molecule has 0 aliphatic carbocycles. The average molecular weight is 484 g/mol. The summed E-state index contributed by atoms with van der Waals surface area (Å²) >= 11 is 0. The van der Waals surface area contributed by atoms with E-state index in [0.717, 1.165) is 16.7 Å². The first-order valence-corrected chi connectivity index (χ1v) is 12.0. The van der Waals surface area contributed by atoms with Crippen molar-refractivity contribution in [3.63, 3.8) is 0 Å². The van der Waals surface area contributed by atoms with E-state index in [1.807, 2.05) is 17.7 Å². The molecular weight excluding hydrogens is 458 g/mol. The van der Waals surface area contributed by atoms with Crippen LogP contribution >= 0.6 is 0 Å². The maximum atomic E-state index is 12.7. The summed E-state index contributed by atoms with van der Waals surface area (Å²) < 4.78 is 49.7. The van der Waals surface area contributed by atoms with Crippen LogP contribution in [0.4, 0.5) is 4.79 Å². The number of carbonyl (C=O) groups is 1. The van der Waals surface area contributed by atoms with Gasteiger partial charge in [-0.2, -0.15) is 0 Å². The number of carbonyl (C=O) groups excluding carboxylic acids is 1. The third-order valence-corrected chi connectivity index (χ3v) is 6.84. The minimum absolute atomic E-state index is 0.0330. The van der Waals surface area contributed by atoms with Crippen molar-refractivity contribution in [3.8, 4) is 17.2 Å². The number of ether oxygens (including phenoxy) is 4. The molecule has 1 aliphatic heterocycles. The highest BCUT2D eigenvalue weighted by Crippen LogP contribution is 2.39. The highest BCUT2D eigenvalue weighted by molar-refractivity contribution is 7.90. The molecular formula is C25H25NO7S. The molecule has 1 amide bonds. The van der Waals surface area contributed by atoms with Gasteiger partial charge in [-0.25, -0.2) is 17.9 Å². The van der Waals surface area contributed by atoms with E-state index in [2.05, 4.69) is 0 Å². The van der Waals surface area contributed by atoms with E-state index in [1.165, 1.54) is 12.1 Å². The Bertz CT molecular complexity index is 1290. The van der Waals surface area contributed by atoms with Crippen LogP contribution in [-0.2, 0) is 21.2 Å². The summed E-state index contributed by atoms with van der Waals surface area (Å²) in [5.74, 6) is 1.88. The van der Waals surface area contributed by atoms with Gasteiger partial charge in [-0.3, -0.25) is 0 Å². The fourth-order valence-corrected chi connectivity index (χ4v) is 4.63. The van der Waals surface area contributed by atoms with Crippen LogP contribution in [0.3, 0.4) is 0 Å². The van der Waals surface area contributed by atoms with Crippen LogP contribution in [0.15, 0.2) is 71.6 Å². The van der Waals surface area contributed by atoms with Gasteiger partial charge in [0.2, 0.25) is 0 Å². The molecule has 0 bridgehead atoms. The number of benzene rings is 3. The summed E-state index contributed by atoms with van der Waals surface area (Å²) in [4.78, 5) is 12.7. The number of aryl methyl sites for hydroxylation is 1. The van der Waals surface area contributed by atoms with Crippen molar-refractivity contribution in [3.05, 3.63) is 83.4 Å². The van der Waals surface area contributed by atoms with Gasteiger partial charge >= 0.3 is 6.09 Å². The molecule has 3 aromatic carbocycles. The molecule has 0 aromatic heterocycles. The second-order valence-electron chi connectivity index (χ2n) is 7.86. The van der Waals surface area contributed by atoms with Crippen molar-refractivity contribution in [2.24, 2.45) is 0 Å².